The third kappa shape index (κ3) is 5.33. The van der Waals surface area contributed by atoms with Gasteiger partial charge in [0.15, 0.2) is 11.5 Å². The molecule has 0 bridgehead atoms. The molecule has 9 heteroatoms. The maximum Gasteiger partial charge on any atom is 0.573 e. The van der Waals surface area contributed by atoms with Crippen molar-refractivity contribution in [2.75, 3.05) is 0 Å². The van der Waals surface area contributed by atoms with E-state index in [9.17, 15) is 26.3 Å². The number of benzene rings is 1. The number of para-hydroxylation sites is 2. The van der Waals surface area contributed by atoms with E-state index in [1.54, 1.807) is 0 Å². The Labute approximate surface area is 116 Å². The van der Waals surface area contributed by atoms with Crippen molar-refractivity contribution in [1.29, 1.82) is 0 Å². The maximum absolute atomic E-state index is 12.8. The molecule has 2 N–H and O–H groups in total. The Morgan fingerprint density at radius 3 is 2.00 bits per heavy atom. The van der Waals surface area contributed by atoms with Crippen LogP contribution in [-0.4, -0.2) is 24.7 Å². The van der Waals surface area contributed by atoms with Gasteiger partial charge in [-0.1, -0.05) is 19.1 Å². The highest BCUT2D eigenvalue weighted by Gasteiger charge is 2.46. The molecule has 0 saturated carbocycles. The fraction of sp³-hybridized carbons (Fsp3) is 0.500. The SMILES string of the molecule is CCC(N)C(Oc1ccccc1OC(F)(F)F)C(F)(F)F. The monoisotopic (exact) mass is 317 g/mol. The molecular weight excluding hydrogens is 304 g/mol. The van der Waals surface area contributed by atoms with Gasteiger partial charge in [0.1, 0.15) is 0 Å². The predicted octanol–water partition coefficient (Wildman–Crippen LogP) is 3.63. The van der Waals surface area contributed by atoms with E-state index in [0.29, 0.717) is 0 Å². The first-order chi connectivity index (χ1) is 9.54. The van der Waals surface area contributed by atoms with E-state index >= 15 is 0 Å². The fourth-order valence-corrected chi connectivity index (χ4v) is 1.50. The number of hydrogen-bond acceptors (Lipinski definition) is 3. The van der Waals surface area contributed by atoms with Crippen molar-refractivity contribution in [3.8, 4) is 11.5 Å². The second kappa shape index (κ2) is 6.42. The molecule has 21 heavy (non-hydrogen) atoms. The van der Waals surface area contributed by atoms with Crippen LogP contribution in [0, 0.1) is 0 Å². The number of alkyl halides is 6. The average molecular weight is 317 g/mol. The van der Waals surface area contributed by atoms with Gasteiger partial charge in [-0.3, -0.25) is 0 Å². The molecule has 0 spiro atoms. The van der Waals surface area contributed by atoms with Gasteiger partial charge < -0.3 is 15.2 Å². The Morgan fingerprint density at radius 1 is 1.05 bits per heavy atom. The van der Waals surface area contributed by atoms with Crippen molar-refractivity contribution in [3.63, 3.8) is 0 Å². The Morgan fingerprint density at radius 2 is 1.57 bits per heavy atom. The number of hydrogen-bond donors (Lipinski definition) is 1. The number of halogens is 6. The summed E-state index contributed by atoms with van der Waals surface area (Å²) in [6, 6.07) is 2.79. The van der Waals surface area contributed by atoms with Crippen LogP contribution in [0.15, 0.2) is 24.3 Å². The molecule has 2 atom stereocenters. The molecule has 0 aliphatic heterocycles. The Kier molecular flexibility index (Phi) is 5.32. The van der Waals surface area contributed by atoms with Gasteiger partial charge in [-0.15, -0.1) is 13.2 Å². The van der Waals surface area contributed by atoms with Crippen LogP contribution in [0.1, 0.15) is 13.3 Å². The molecule has 0 fully saturated rings. The summed E-state index contributed by atoms with van der Waals surface area (Å²) in [5.74, 6) is -1.54. The molecule has 2 unspecified atom stereocenters. The molecule has 0 heterocycles. The summed E-state index contributed by atoms with van der Waals surface area (Å²) in [6.45, 7) is 1.41. The van der Waals surface area contributed by atoms with E-state index < -0.39 is 36.2 Å². The minimum Gasteiger partial charge on any atom is -0.475 e. The molecule has 1 aromatic carbocycles. The summed E-state index contributed by atoms with van der Waals surface area (Å²) in [4.78, 5) is 0. The third-order valence-corrected chi connectivity index (χ3v) is 2.51. The molecule has 0 aliphatic carbocycles. The molecule has 0 aromatic heterocycles. The van der Waals surface area contributed by atoms with E-state index in [1.165, 1.54) is 19.1 Å². The summed E-state index contributed by atoms with van der Waals surface area (Å²) in [5.41, 5.74) is 5.32. The van der Waals surface area contributed by atoms with Crippen LogP contribution in [0.25, 0.3) is 0 Å². The first-order valence-corrected chi connectivity index (χ1v) is 5.88. The van der Waals surface area contributed by atoms with Gasteiger partial charge in [0.25, 0.3) is 0 Å². The average Bonchev–Trinajstić information content (AvgIpc) is 2.33. The van der Waals surface area contributed by atoms with Crippen molar-refractivity contribution in [1.82, 2.24) is 0 Å². The summed E-state index contributed by atoms with van der Waals surface area (Å²) < 4.78 is 83.4. The summed E-state index contributed by atoms with van der Waals surface area (Å²) in [5, 5.41) is 0. The lowest BCUT2D eigenvalue weighted by molar-refractivity contribution is -0.275. The highest BCUT2D eigenvalue weighted by Crippen LogP contribution is 2.35. The summed E-state index contributed by atoms with van der Waals surface area (Å²) >= 11 is 0. The first-order valence-electron chi connectivity index (χ1n) is 5.88. The van der Waals surface area contributed by atoms with Gasteiger partial charge in [0.05, 0.1) is 6.04 Å². The maximum atomic E-state index is 12.8. The van der Waals surface area contributed by atoms with Crippen LogP contribution in [-0.2, 0) is 0 Å². The summed E-state index contributed by atoms with van der Waals surface area (Å²) in [7, 11) is 0. The van der Waals surface area contributed by atoms with Gasteiger partial charge in [-0.2, -0.15) is 13.2 Å². The third-order valence-electron chi connectivity index (χ3n) is 2.51. The van der Waals surface area contributed by atoms with Gasteiger partial charge in [-0.05, 0) is 18.6 Å². The molecule has 1 rings (SSSR count). The highest BCUT2D eigenvalue weighted by molar-refractivity contribution is 5.40. The second-order valence-corrected chi connectivity index (χ2v) is 4.15. The van der Waals surface area contributed by atoms with Crippen LogP contribution < -0.4 is 15.2 Å². The van der Waals surface area contributed by atoms with E-state index in [-0.39, 0.29) is 6.42 Å². The van der Waals surface area contributed by atoms with Crippen molar-refractivity contribution in [2.24, 2.45) is 5.73 Å². The quantitative estimate of drug-likeness (QED) is 0.844. The van der Waals surface area contributed by atoms with E-state index in [2.05, 4.69) is 9.47 Å². The number of rotatable bonds is 5. The van der Waals surface area contributed by atoms with Crippen LogP contribution in [0.2, 0.25) is 0 Å². The lowest BCUT2D eigenvalue weighted by Crippen LogP contribution is -2.48. The van der Waals surface area contributed by atoms with Crippen molar-refractivity contribution in [2.45, 2.75) is 38.0 Å². The largest absolute Gasteiger partial charge is 0.573 e. The smallest absolute Gasteiger partial charge is 0.475 e. The zero-order valence-corrected chi connectivity index (χ0v) is 10.8. The lowest BCUT2D eigenvalue weighted by atomic mass is 10.1. The number of nitrogens with two attached hydrogens (primary N) is 1. The minimum atomic E-state index is -5.04. The normalized spacial score (nSPS) is 15.4. The van der Waals surface area contributed by atoms with E-state index in [0.717, 1.165) is 12.1 Å². The lowest BCUT2D eigenvalue weighted by Gasteiger charge is -2.27. The van der Waals surface area contributed by atoms with Gasteiger partial charge in [-0.25, -0.2) is 0 Å². The van der Waals surface area contributed by atoms with E-state index in [1.807, 2.05) is 0 Å². The molecule has 0 amide bonds. The topological polar surface area (TPSA) is 44.5 Å². The van der Waals surface area contributed by atoms with Crippen LogP contribution in [0.3, 0.4) is 0 Å². The molecule has 120 valence electrons. The number of ether oxygens (including phenoxy) is 2. The fourth-order valence-electron chi connectivity index (χ4n) is 1.50. The molecule has 1 aromatic rings. The zero-order valence-electron chi connectivity index (χ0n) is 10.8. The van der Waals surface area contributed by atoms with Gasteiger partial charge >= 0.3 is 12.5 Å². The molecule has 0 aliphatic rings. The van der Waals surface area contributed by atoms with Crippen LogP contribution in [0.4, 0.5) is 26.3 Å². The molecule has 3 nitrogen and oxygen atoms in total. The Bertz CT molecular complexity index is 460. The summed E-state index contributed by atoms with van der Waals surface area (Å²) in [6.07, 6.45) is -12.4. The van der Waals surface area contributed by atoms with E-state index in [4.69, 9.17) is 5.73 Å². The Balaban J connectivity index is 3.04. The highest BCUT2D eigenvalue weighted by atomic mass is 19.4. The molecule has 0 radical (unpaired) electrons. The predicted molar refractivity (Wildman–Crippen MR) is 61.9 cm³/mol. The van der Waals surface area contributed by atoms with Crippen molar-refractivity contribution < 1.29 is 35.8 Å². The minimum absolute atomic E-state index is 0.0630. The van der Waals surface area contributed by atoms with Gasteiger partial charge in [0, 0.05) is 0 Å². The Hall–Kier alpha value is -1.64. The van der Waals surface area contributed by atoms with Crippen molar-refractivity contribution in [3.05, 3.63) is 24.3 Å². The second-order valence-electron chi connectivity index (χ2n) is 4.15. The van der Waals surface area contributed by atoms with Gasteiger partial charge in [0.2, 0.25) is 6.10 Å². The van der Waals surface area contributed by atoms with Crippen molar-refractivity contribution >= 4 is 0 Å². The molecular formula is C12H13F6NO2. The first kappa shape index (κ1) is 17.4. The van der Waals surface area contributed by atoms with Crippen LogP contribution >= 0.6 is 0 Å². The molecule has 0 saturated heterocycles. The standard InChI is InChI=1S/C12H13F6NO2/c1-2-7(19)10(11(13,14)15)20-8-5-3-4-6-9(8)21-12(16,17)18/h3-7,10H,2,19H2,1H3. The van der Waals surface area contributed by atoms with Crippen LogP contribution in [0.5, 0.6) is 11.5 Å². The zero-order chi connectivity index (χ0) is 16.3.